The molecule has 1 heterocycles. The van der Waals surface area contributed by atoms with Gasteiger partial charge in [0.2, 0.25) is 0 Å². The van der Waals surface area contributed by atoms with Crippen LogP contribution in [-0.2, 0) is 6.42 Å². The Hall–Kier alpha value is -1.74. The Labute approximate surface area is 114 Å². The standard InChI is InChI=1S/C16H21NO2/c1-4-13-7-5-6-8-14(13)19-16(12(3)17)15-10-9-11(2)18-15/h5-10,12,16H,4,17H2,1-3H3. The van der Waals surface area contributed by atoms with E-state index < -0.39 is 0 Å². The van der Waals surface area contributed by atoms with E-state index in [4.69, 9.17) is 14.9 Å². The van der Waals surface area contributed by atoms with Gasteiger partial charge in [-0.3, -0.25) is 0 Å². The van der Waals surface area contributed by atoms with E-state index in [1.807, 2.05) is 44.2 Å². The maximum atomic E-state index is 6.08. The van der Waals surface area contributed by atoms with Crippen LogP contribution in [0.25, 0.3) is 0 Å². The highest BCUT2D eigenvalue weighted by Crippen LogP contribution is 2.28. The second-order valence-corrected chi connectivity index (χ2v) is 4.81. The predicted molar refractivity (Wildman–Crippen MR) is 76.3 cm³/mol. The third-order valence-corrected chi connectivity index (χ3v) is 3.13. The van der Waals surface area contributed by atoms with Crippen molar-refractivity contribution < 1.29 is 9.15 Å². The van der Waals surface area contributed by atoms with Crippen LogP contribution < -0.4 is 10.5 Å². The second kappa shape index (κ2) is 5.93. The van der Waals surface area contributed by atoms with Crippen LogP contribution in [0.2, 0.25) is 0 Å². The number of hydrogen-bond donors (Lipinski definition) is 1. The zero-order valence-electron chi connectivity index (χ0n) is 11.7. The van der Waals surface area contributed by atoms with Crippen LogP contribution in [0.5, 0.6) is 5.75 Å². The third kappa shape index (κ3) is 3.18. The molecule has 0 bridgehead atoms. The largest absolute Gasteiger partial charge is 0.481 e. The highest BCUT2D eigenvalue weighted by molar-refractivity contribution is 5.34. The van der Waals surface area contributed by atoms with E-state index in [1.54, 1.807) is 0 Å². The second-order valence-electron chi connectivity index (χ2n) is 4.81. The van der Waals surface area contributed by atoms with Crippen LogP contribution in [0.15, 0.2) is 40.8 Å². The van der Waals surface area contributed by atoms with Crippen molar-refractivity contribution >= 4 is 0 Å². The maximum absolute atomic E-state index is 6.08. The fourth-order valence-corrected chi connectivity index (χ4v) is 2.08. The minimum Gasteiger partial charge on any atom is -0.481 e. The number of hydrogen-bond acceptors (Lipinski definition) is 3. The normalized spacial score (nSPS) is 14.1. The Morgan fingerprint density at radius 1 is 1.21 bits per heavy atom. The van der Waals surface area contributed by atoms with Crippen LogP contribution in [-0.4, -0.2) is 6.04 Å². The van der Waals surface area contributed by atoms with Gasteiger partial charge >= 0.3 is 0 Å². The molecule has 0 radical (unpaired) electrons. The molecular formula is C16H21NO2. The molecule has 3 heteroatoms. The fraction of sp³-hybridized carbons (Fsp3) is 0.375. The summed E-state index contributed by atoms with van der Waals surface area (Å²) in [5, 5.41) is 0. The fourth-order valence-electron chi connectivity index (χ4n) is 2.08. The Morgan fingerprint density at radius 2 is 1.95 bits per heavy atom. The lowest BCUT2D eigenvalue weighted by atomic mass is 10.1. The summed E-state index contributed by atoms with van der Waals surface area (Å²) in [5.41, 5.74) is 7.21. The topological polar surface area (TPSA) is 48.4 Å². The minimum absolute atomic E-state index is 0.143. The quantitative estimate of drug-likeness (QED) is 0.892. The molecule has 2 unspecified atom stereocenters. The Morgan fingerprint density at radius 3 is 2.53 bits per heavy atom. The van der Waals surface area contributed by atoms with Gasteiger partial charge in [0.1, 0.15) is 17.3 Å². The van der Waals surface area contributed by atoms with Crippen LogP contribution in [0.4, 0.5) is 0 Å². The molecule has 0 saturated carbocycles. The number of para-hydroxylation sites is 1. The van der Waals surface area contributed by atoms with Gasteiger partial charge in [-0.15, -0.1) is 0 Å². The summed E-state index contributed by atoms with van der Waals surface area (Å²) < 4.78 is 11.7. The van der Waals surface area contributed by atoms with Crippen LogP contribution in [0, 0.1) is 6.92 Å². The highest BCUT2D eigenvalue weighted by atomic mass is 16.5. The first kappa shape index (κ1) is 13.7. The first-order chi connectivity index (χ1) is 9.11. The van der Waals surface area contributed by atoms with Gasteiger partial charge in [-0.2, -0.15) is 0 Å². The van der Waals surface area contributed by atoms with Crippen molar-refractivity contribution in [1.29, 1.82) is 0 Å². The van der Waals surface area contributed by atoms with Crippen molar-refractivity contribution in [2.75, 3.05) is 0 Å². The molecular weight excluding hydrogens is 238 g/mol. The highest BCUT2D eigenvalue weighted by Gasteiger charge is 2.22. The van der Waals surface area contributed by atoms with Gasteiger partial charge in [-0.1, -0.05) is 25.1 Å². The molecule has 2 N–H and O–H groups in total. The van der Waals surface area contributed by atoms with Gasteiger partial charge in [0, 0.05) is 6.04 Å². The zero-order chi connectivity index (χ0) is 13.8. The summed E-state index contributed by atoms with van der Waals surface area (Å²) >= 11 is 0. The van der Waals surface area contributed by atoms with Gasteiger partial charge in [0.25, 0.3) is 0 Å². The lowest BCUT2D eigenvalue weighted by Crippen LogP contribution is -2.29. The third-order valence-electron chi connectivity index (χ3n) is 3.13. The molecule has 3 nitrogen and oxygen atoms in total. The maximum Gasteiger partial charge on any atom is 0.171 e. The summed E-state index contributed by atoms with van der Waals surface area (Å²) in [7, 11) is 0. The van der Waals surface area contributed by atoms with E-state index in [9.17, 15) is 0 Å². The summed E-state index contributed by atoms with van der Waals surface area (Å²) in [6.07, 6.45) is 0.667. The van der Waals surface area contributed by atoms with Crippen molar-refractivity contribution in [1.82, 2.24) is 0 Å². The number of rotatable bonds is 5. The molecule has 0 spiro atoms. The van der Waals surface area contributed by atoms with E-state index >= 15 is 0 Å². The summed E-state index contributed by atoms with van der Waals surface area (Å²) in [6, 6.07) is 11.8. The van der Waals surface area contributed by atoms with Gasteiger partial charge in [0.05, 0.1) is 0 Å². The Bertz CT molecular complexity index is 531. The van der Waals surface area contributed by atoms with E-state index in [0.29, 0.717) is 0 Å². The number of furan rings is 1. The van der Waals surface area contributed by atoms with Crippen molar-refractivity contribution in [3.63, 3.8) is 0 Å². The van der Waals surface area contributed by atoms with Gasteiger partial charge in [0.15, 0.2) is 6.10 Å². The van der Waals surface area contributed by atoms with Crippen LogP contribution >= 0.6 is 0 Å². The molecule has 1 aromatic heterocycles. The van der Waals surface area contributed by atoms with Crippen molar-refractivity contribution in [2.24, 2.45) is 5.73 Å². The Kier molecular flexibility index (Phi) is 4.27. The average molecular weight is 259 g/mol. The molecule has 0 fully saturated rings. The van der Waals surface area contributed by atoms with E-state index in [0.717, 1.165) is 23.7 Å². The average Bonchev–Trinajstić information content (AvgIpc) is 2.82. The molecule has 2 atom stereocenters. The van der Waals surface area contributed by atoms with Crippen molar-refractivity contribution in [3.8, 4) is 5.75 Å². The van der Waals surface area contributed by atoms with Crippen molar-refractivity contribution in [3.05, 3.63) is 53.5 Å². The van der Waals surface area contributed by atoms with E-state index in [1.165, 1.54) is 5.56 Å². The number of ether oxygens (including phenoxy) is 1. The molecule has 0 amide bonds. The molecule has 19 heavy (non-hydrogen) atoms. The molecule has 0 saturated heterocycles. The van der Waals surface area contributed by atoms with Gasteiger partial charge < -0.3 is 14.9 Å². The molecule has 0 aliphatic carbocycles. The predicted octanol–water partition coefficient (Wildman–Crippen LogP) is 3.62. The summed E-state index contributed by atoms with van der Waals surface area (Å²) in [6.45, 7) is 5.96. The molecule has 2 rings (SSSR count). The van der Waals surface area contributed by atoms with E-state index in [-0.39, 0.29) is 12.1 Å². The first-order valence-electron chi connectivity index (χ1n) is 6.68. The minimum atomic E-state index is -0.263. The summed E-state index contributed by atoms with van der Waals surface area (Å²) in [4.78, 5) is 0. The zero-order valence-corrected chi connectivity index (χ0v) is 11.7. The van der Waals surface area contributed by atoms with Crippen molar-refractivity contribution in [2.45, 2.75) is 39.3 Å². The summed E-state index contributed by atoms with van der Waals surface area (Å²) in [5.74, 6) is 2.52. The van der Waals surface area contributed by atoms with Crippen LogP contribution in [0.3, 0.4) is 0 Å². The lowest BCUT2D eigenvalue weighted by Gasteiger charge is -2.22. The van der Waals surface area contributed by atoms with Gasteiger partial charge in [-0.25, -0.2) is 0 Å². The molecule has 0 aliphatic heterocycles. The molecule has 1 aromatic carbocycles. The monoisotopic (exact) mass is 259 g/mol. The lowest BCUT2D eigenvalue weighted by molar-refractivity contribution is 0.150. The van der Waals surface area contributed by atoms with Crippen LogP contribution in [0.1, 0.15) is 37.0 Å². The molecule has 102 valence electrons. The number of nitrogens with two attached hydrogens (primary N) is 1. The number of benzene rings is 1. The number of aryl methyl sites for hydroxylation is 2. The molecule has 2 aromatic rings. The SMILES string of the molecule is CCc1ccccc1OC(c1ccc(C)o1)C(C)N. The first-order valence-corrected chi connectivity index (χ1v) is 6.68. The Balaban J connectivity index is 2.26. The van der Waals surface area contributed by atoms with Gasteiger partial charge in [-0.05, 0) is 44.0 Å². The molecule has 0 aliphatic rings. The van der Waals surface area contributed by atoms with E-state index in [2.05, 4.69) is 13.0 Å². The smallest absolute Gasteiger partial charge is 0.171 e.